The summed E-state index contributed by atoms with van der Waals surface area (Å²) >= 11 is 0. The molecule has 0 atom stereocenters. The number of H-pyrrole nitrogens is 1. The minimum Gasteiger partial charge on any atom is -0.365 e. The first-order chi connectivity index (χ1) is 6.36. The average molecular weight is 180 g/mol. The summed E-state index contributed by atoms with van der Waals surface area (Å²) in [6.45, 7) is 2.86. The van der Waals surface area contributed by atoms with Gasteiger partial charge in [-0.15, -0.1) is 0 Å². The monoisotopic (exact) mass is 180 g/mol. The van der Waals surface area contributed by atoms with Crippen LogP contribution in [0.1, 0.15) is 0 Å². The van der Waals surface area contributed by atoms with E-state index in [4.69, 9.17) is 0 Å². The quantitative estimate of drug-likeness (QED) is 0.581. The average Bonchev–Trinajstić information content (AvgIpc) is 2.05. The molecule has 5 nitrogen and oxygen atoms in total. The molecule has 5 heteroatoms. The minimum atomic E-state index is -0.158. The summed E-state index contributed by atoms with van der Waals surface area (Å²) in [5.41, 5.74) is -0.158. The highest BCUT2D eigenvalue weighted by Crippen LogP contribution is 2.02. The molecule has 13 heavy (non-hydrogen) atoms. The van der Waals surface area contributed by atoms with Gasteiger partial charge in [-0.2, -0.15) is 0 Å². The summed E-state index contributed by atoms with van der Waals surface area (Å²) in [5, 5.41) is 6.19. The second-order valence-electron chi connectivity index (χ2n) is 3.17. The van der Waals surface area contributed by atoms with Crippen molar-refractivity contribution in [1.29, 1.82) is 0 Å². The maximum absolute atomic E-state index is 11.1. The molecular weight excluding hydrogens is 168 g/mol. The third-order valence-electron chi connectivity index (χ3n) is 2.13. The van der Waals surface area contributed by atoms with Gasteiger partial charge in [-0.05, 0) is 0 Å². The zero-order valence-electron chi connectivity index (χ0n) is 7.21. The Morgan fingerprint density at radius 3 is 3.08 bits per heavy atom. The Morgan fingerprint density at radius 1 is 1.62 bits per heavy atom. The van der Waals surface area contributed by atoms with Crippen LogP contribution in [0, 0.1) is 5.92 Å². The molecule has 0 bridgehead atoms. The molecule has 3 N–H and O–H groups in total. The van der Waals surface area contributed by atoms with Crippen molar-refractivity contribution in [2.75, 3.05) is 25.0 Å². The van der Waals surface area contributed by atoms with Crippen LogP contribution >= 0.6 is 0 Å². The number of nitrogens with zero attached hydrogens (tertiary/aromatic N) is 1. The molecule has 1 saturated heterocycles. The number of hydrogen-bond donors (Lipinski definition) is 3. The fraction of sp³-hybridized carbons (Fsp3) is 0.500. The Balaban J connectivity index is 1.93. The summed E-state index contributed by atoms with van der Waals surface area (Å²) in [4.78, 5) is 17.6. The van der Waals surface area contributed by atoms with E-state index in [9.17, 15) is 4.79 Å². The fourth-order valence-electron chi connectivity index (χ4n) is 1.21. The fourth-order valence-corrected chi connectivity index (χ4v) is 1.21. The van der Waals surface area contributed by atoms with E-state index in [-0.39, 0.29) is 5.56 Å². The van der Waals surface area contributed by atoms with E-state index in [1.807, 2.05) is 0 Å². The van der Waals surface area contributed by atoms with Crippen molar-refractivity contribution in [3.8, 4) is 0 Å². The molecule has 1 aliphatic rings. The lowest BCUT2D eigenvalue weighted by molar-refractivity contribution is 0.365. The molecule has 70 valence electrons. The minimum absolute atomic E-state index is 0.158. The maximum atomic E-state index is 11.1. The van der Waals surface area contributed by atoms with Gasteiger partial charge in [0.25, 0.3) is 5.56 Å². The number of hydrogen-bond acceptors (Lipinski definition) is 4. The van der Waals surface area contributed by atoms with E-state index in [1.54, 1.807) is 6.20 Å². The Hall–Kier alpha value is -1.36. The van der Waals surface area contributed by atoms with Crippen LogP contribution in [0.4, 0.5) is 5.82 Å². The van der Waals surface area contributed by atoms with Crippen LogP contribution in [0.25, 0.3) is 0 Å². The van der Waals surface area contributed by atoms with E-state index < -0.39 is 0 Å². The van der Waals surface area contributed by atoms with Gasteiger partial charge in [-0.1, -0.05) is 0 Å². The van der Waals surface area contributed by atoms with E-state index in [0.29, 0.717) is 11.7 Å². The Kier molecular flexibility index (Phi) is 2.27. The first kappa shape index (κ1) is 8.25. The summed E-state index contributed by atoms with van der Waals surface area (Å²) in [5.74, 6) is 1.04. The van der Waals surface area contributed by atoms with Crippen molar-refractivity contribution in [2.45, 2.75) is 0 Å². The third kappa shape index (κ3) is 1.86. The van der Waals surface area contributed by atoms with Crippen LogP contribution in [0.3, 0.4) is 0 Å². The SMILES string of the molecule is O=c1[nH]ccnc1NCC1CNC1. The highest BCUT2D eigenvalue weighted by atomic mass is 16.1. The van der Waals surface area contributed by atoms with Gasteiger partial charge in [-0.25, -0.2) is 4.98 Å². The lowest BCUT2D eigenvalue weighted by Crippen LogP contribution is -2.45. The van der Waals surface area contributed by atoms with Crippen LogP contribution in [0.15, 0.2) is 17.2 Å². The summed E-state index contributed by atoms with van der Waals surface area (Å²) in [6, 6.07) is 0. The molecule has 2 rings (SSSR count). The highest BCUT2D eigenvalue weighted by molar-refractivity contribution is 5.30. The van der Waals surface area contributed by atoms with Crippen molar-refractivity contribution < 1.29 is 0 Å². The molecular formula is C8H12N4O. The topological polar surface area (TPSA) is 69.8 Å². The molecule has 0 amide bonds. The van der Waals surface area contributed by atoms with Gasteiger partial charge in [-0.3, -0.25) is 4.79 Å². The molecule has 0 aliphatic carbocycles. The lowest BCUT2D eigenvalue weighted by atomic mass is 10.0. The van der Waals surface area contributed by atoms with E-state index in [0.717, 1.165) is 19.6 Å². The molecule has 2 heterocycles. The lowest BCUT2D eigenvalue weighted by Gasteiger charge is -2.26. The molecule has 1 fully saturated rings. The molecule has 1 aromatic heterocycles. The van der Waals surface area contributed by atoms with Gasteiger partial charge in [0.1, 0.15) is 0 Å². The zero-order valence-corrected chi connectivity index (χ0v) is 7.21. The van der Waals surface area contributed by atoms with Gasteiger partial charge < -0.3 is 15.6 Å². The Bertz CT molecular complexity index is 331. The Labute approximate surface area is 75.6 Å². The molecule has 0 aromatic carbocycles. The second-order valence-corrected chi connectivity index (χ2v) is 3.17. The predicted octanol–water partition coefficient (Wildman–Crippen LogP) is -0.599. The van der Waals surface area contributed by atoms with Gasteiger partial charge >= 0.3 is 0 Å². The molecule has 1 aliphatic heterocycles. The molecule has 1 aromatic rings. The summed E-state index contributed by atoms with van der Waals surface area (Å²) in [6.07, 6.45) is 3.10. The smallest absolute Gasteiger partial charge is 0.290 e. The summed E-state index contributed by atoms with van der Waals surface area (Å²) in [7, 11) is 0. The largest absolute Gasteiger partial charge is 0.365 e. The van der Waals surface area contributed by atoms with Gasteiger partial charge in [0.05, 0.1) is 0 Å². The van der Waals surface area contributed by atoms with Crippen molar-refractivity contribution in [3.63, 3.8) is 0 Å². The van der Waals surface area contributed by atoms with Crippen LogP contribution in [0.2, 0.25) is 0 Å². The molecule has 0 spiro atoms. The van der Waals surface area contributed by atoms with Gasteiger partial charge in [0.15, 0.2) is 5.82 Å². The van der Waals surface area contributed by atoms with E-state index in [1.165, 1.54) is 6.20 Å². The van der Waals surface area contributed by atoms with Crippen molar-refractivity contribution in [1.82, 2.24) is 15.3 Å². The molecule has 0 saturated carbocycles. The van der Waals surface area contributed by atoms with Crippen molar-refractivity contribution >= 4 is 5.82 Å². The second kappa shape index (κ2) is 3.57. The van der Waals surface area contributed by atoms with E-state index >= 15 is 0 Å². The number of anilines is 1. The van der Waals surface area contributed by atoms with Crippen molar-refractivity contribution in [2.24, 2.45) is 5.92 Å². The van der Waals surface area contributed by atoms with Crippen LogP contribution in [-0.4, -0.2) is 29.6 Å². The first-order valence-corrected chi connectivity index (χ1v) is 4.34. The zero-order chi connectivity index (χ0) is 9.10. The molecule has 0 radical (unpaired) electrons. The van der Waals surface area contributed by atoms with Gasteiger partial charge in [0, 0.05) is 37.9 Å². The normalized spacial score (nSPS) is 16.6. The standard InChI is InChI=1S/C8H12N4O/c13-8-7(10-1-2-11-8)12-5-6-3-9-4-6/h1-2,6,9H,3-5H2,(H,10,12)(H,11,13). The van der Waals surface area contributed by atoms with Crippen LogP contribution in [0.5, 0.6) is 0 Å². The first-order valence-electron chi connectivity index (χ1n) is 4.34. The number of aromatic amines is 1. The van der Waals surface area contributed by atoms with Gasteiger partial charge in [0.2, 0.25) is 0 Å². The van der Waals surface area contributed by atoms with Crippen LogP contribution < -0.4 is 16.2 Å². The molecule has 0 unspecified atom stereocenters. The van der Waals surface area contributed by atoms with Crippen molar-refractivity contribution in [3.05, 3.63) is 22.7 Å². The number of aromatic nitrogens is 2. The number of rotatable bonds is 3. The maximum Gasteiger partial charge on any atom is 0.290 e. The highest BCUT2D eigenvalue weighted by Gasteiger charge is 2.16. The number of nitrogens with one attached hydrogen (secondary N) is 3. The third-order valence-corrected chi connectivity index (χ3v) is 2.13. The van der Waals surface area contributed by atoms with Crippen LogP contribution in [-0.2, 0) is 0 Å². The Morgan fingerprint density at radius 2 is 2.46 bits per heavy atom. The predicted molar refractivity (Wildman–Crippen MR) is 49.7 cm³/mol. The van der Waals surface area contributed by atoms with E-state index in [2.05, 4.69) is 20.6 Å². The summed E-state index contributed by atoms with van der Waals surface area (Å²) < 4.78 is 0.